The van der Waals surface area contributed by atoms with Gasteiger partial charge < -0.3 is 0 Å². The zero-order valence-electron chi connectivity index (χ0n) is 18.7. The van der Waals surface area contributed by atoms with Crippen LogP contribution in [0.4, 0.5) is 0 Å². The quantitative estimate of drug-likeness (QED) is 0.219. The van der Waals surface area contributed by atoms with Crippen LogP contribution in [0.1, 0.15) is 15.9 Å². The van der Waals surface area contributed by atoms with Crippen molar-refractivity contribution in [3.05, 3.63) is 102 Å². The van der Waals surface area contributed by atoms with Crippen LogP contribution in [-0.4, -0.2) is 20.6 Å². The second kappa shape index (κ2) is 7.90. The van der Waals surface area contributed by atoms with E-state index in [-0.39, 0.29) is 5.91 Å². The van der Waals surface area contributed by atoms with E-state index in [1.54, 1.807) is 0 Å². The van der Waals surface area contributed by atoms with Gasteiger partial charge >= 0.3 is 174 Å². The molecule has 0 aliphatic carbocycles. The summed E-state index contributed by atoms with van der Waals surface area (Å²) >= 11 is -1.06. The number of benzene rings is 6. The van der Waals surface area contributed by atoms with Crippen LogP contribution in [-0.2, 0) is 6.54 Å². The second-order valence-electron chi connectivity index (χ2n) is 8.84. The summed E-state index contributed by atoms with van der Waals surface area (Å²) in [5.74, 6) is -0.0188. The third-order valence-electron chi connectivity index (χ3n) is 6.69. The number of hydrogen-bond donors (Lipinski definition) is 1. The molecule has 0 heterocycles. The zero-order chi connectivity index (χ0) is 22.5. The molecule has 0 aliphatic rings. The molecule has 0 radical (unpaired) electrons. The molecule has 33 heavy (non-hydrogen) atoms. The van der Waals surface area contributed by atoms with Gasteiger partial charge in [0.1, 0.15) is 0 Å². The fraction of sp³-hybridized carbons (Fsp3) is 0.100. The van der Waals surface area contributed by atoms with Crippen LogP contribution in [0.25, 0.3) is 43.1 Å². The number of carbonyl (C=O) groups is 1. The maximum atomic E-state index is 13.3. The fourth-order valence-electron chi connectivity index (χ4n) is 5.09. The van der Waals surface area contributed by atoms with E-state index in [0.29, 0.717) is 6.54 Å². The first kappa shape index (κ1) is 20.3. The van der Waals surface area contributed by atoms with Crippen LogP contribution < -0.4 is 9.67 Å². The Morgan fingerprint density at radius 1 is 0.667 bits per heavy atom. The molecule has 6 rings (SSSR count). The summed E-state index contributed by atoms with van der Waals surface area (Å²) < 4.78 is 1.42. The molecule has 0 aliphatic heterocycles. The van der Waals surface area contributed by atoms with E-state index in [1.165, 1.54) is 42.1 Å². The third-order valence-corrected chi connectivity index (χ3v) is 9.53. The molecule has 0 atom stereocenters. The average Bonchev–Trinajstić information content (AvgIpc) is 2.85. The molecule has 0 bridgehead atoms. The second-order valence-corrected chi connectivity index (χ2v) is 13.6. The van der Waals surface area contributed by atoms with E-state index in [1.807, 2.05) is 12.1 Å². The minimum atomic E-state index is -1.06. The van der Waals surface area contributed by atoms with E-state index in [0.717, 1.165) is 16.5 Å². The van der Waals surface area contributed by atoms with Gasteiger partial charge in [-0.25, -0.2) is 0 Å². The molecule has 0 aromatic heterocycles. The molecule has 0 saturated carbocycles. The van der Waals surface area contributed by atoms with Crippen LogP contribution in [0.3, 0.4) is 0 Å². The maximum absolute atomic E-state index is 13.3. The van der Waals surface area contributed by atoms with Crippen molar-refractivity contribution in [3.8, 4) is 0 Å². The van der Waals surface area contributed by atoms with E-state index in [9.17, 15) is 4.79 Å². The van der Waals surface area contributed by atoms with E-state index in [4.69, 9.17) is 0 Å². The predicted molar refractivity (Wildman–Crippen MR) is 142 cm³/mol. The molecule has 0 unspecified atom stereocenters. The molecular weight excluding hydrogens is 465 g/mol. The number of fused-ring (bicyclic) bond motifs is 1. The van der Waals surface area contributed by atoms with Crippen LogP contribution in [0, 0.1) is 0 Å². The van der Waals surface area contributed by atoms with Gasteiger partial charge in [-0.2, -0.15) is 0 Å². The SMILES string of the molecule is C[As](C)c1ccc(C(=O)NCc2ccc3ccc4cccc5ccc2c3c45)c2ccccc12. The first-order chi connectivity index (χ1) is 16.1. The van der Waals surface area contributed by atoms with Crippen LogP contribution in [0.5, 0.6) is 0 Å². The fourth-order valence-corrected chi connectivity index (χ4v) is 7.29. The molecule has 160 valence electrons. The molecule has 3 heteroatoms. The summed E-state index contributed by atoms with van der Waals surface area (Å²) in [6.45, 7) is 0.502. The predicted octanol–water partition coefficient (Wildman–Crippen LogP) is 6.63. The van der Waals surface area contributed by atoms with Crippen molar-refractivity contribution < 1.29 is 4.79 Å². The standard InChI is InChI=1S/C30H24AsNO/c1-31(2)27-17-16-26(24-8-3-4-9-25(24)27)30(33)32-18-22-13-12-21-11-10-19-6-5-7-20-14-15-23(22)29(21)28(19)20/h3-17H,18H2,1-2H3,(H,32,33). The monoisotopic (exact) mass is 489 g/mol. The van der Waals surface area contributed by atoms with Crippen molar-refractivity contribution in [2.45, 2.75) is 18.0 Å². The van der Waals surface area contributed by atoms with Crippen molar-refractivity contribution in [2.24, 2.45) is 0 Å². The molecule has 6 aromatic carbocycles. The molecule has 2 nitrogen and oxygen atoms in total. The van der Waals surface area contributed by atoms with Crippen LogP contribution >= 0.6 is 0 Å². The Bertz CT molecular complexity index is 1650. The summed E-state index contributed by atoms with van der Waals surface area (Å²) in [5.41, 5.74) is 6.57. The number of rotatable bonds is 4. The number of carbonyl (C=O) groups excluding carboxylic acids is 1. The Kier molecular flexibility index (Phi) is 4.85. The van der Waals surface area contributed by atoms with Gasteiger partial charge in [-0.15, -0.1) is 0 Å². The average molecular weight is 489 g/mol. The third kappa shape index (κ3) is 3.29. The van der Waals surface area contributed by atoms with Crippen molar-refractivity contribution >= 4 is 68.0 Å². The van der Waals surface area contributed by atoms with Gasteiger partial charge in [0, 0.05) is 0 Å². The molecule has 0 spiro atoms. The van der Waals surface area contributed by atoms with Crippen LogP contribution in [0.15, 0.2) is 91.0 Å². The summed E-state index contributed by atoms with van der Waals surface area (Å²) in [5, 5.41) is 13.0. The number of amides is 1. The Labute approximate surface area is 197 Å². The summed E-state index contributed by atoms with van der Waals surface area (Å²) in [6.07, 6.45) is 0. The minimum absolute atomic E-state index is 0.0188. The topological polar surface area (TPSA) is 29.1 Å². The molecule has 1 N–H and O–H groups in total. The normalized spacial score (nSPS) is 11.8. The Balaban J connectivity index is 1.39. The van der Waals surface area contributed by atoms with E-state index < -0.39 is 14.7 Å². The van der Waals surface area contributed by atoms with Gasteiger partial charge in [0.05, 0.1) is 0 Å². The van der Waals surface area contributed by atoms with E-state index in [2.05, 4.69) is 95.6 Å². The Morgan fingerprint density at radius 3 is 2.09 bits per heavy atom. The number of hydrogen-bond acceptors (Lipinski definition) is 1. The first-order valence-corrected chi connectivity index (χ1v) is 15.9. The molecular formula is C30H24AsNO. The Morgan fingerprint density at radius 2 is 1.33 bits per heavy atom. The Hall–Kier alpha value is -3.35. The van der Waals surface area contributed by atoms with Crippen LogP contribution in [0.2, 0.25) is 11.4 Å². The van der Waals surface area contributed by atoms with Crippen molar-refractivity contribution in [2.75, 3.05) is 0 Å². The van der Waals surface area contributed by atoms with Crippen molar-refractivity contribution in [1.82, 2.24) is 5.32 Å². The van der Waals surface area contributed by atoms with Crippen molar-refractivity contribution in [1.29, 1.82) is 0 Å². The zero-order valence-corrected chi connectivity index (χ0v) is 20.6. The van der Waals surface area contributed by atoms with Gasteiger partial charge in [0.2, 0.25) is 0 Å². The molecule has 0 fully saturated rings. The summed E-state index contributed by atoms with van der Waals surface area (Å²) in [7, 11) is 0. The summed E-state index contributed by atoms with van der Waals surface area (Å²) in [4.78, 5) is 13.3. The van der Waals surface area contributed by atoms with Gasteiger partial charge in [-0.1, -0.05) is 24.3 Å². The first-order valence-electron chi connectivity index (χ1n) is 11.2. The molecule has 0 saturated heterocycles. The van der Waals surface area contributed by atoms with Gasteiger partial charge in [0.25, 0.3) is 0 Å². The molecule has 1 amide bonds. The van der Waals surface area contributed by atoms with Gasteiger partial charge in [-0.05, 0) is 0 Å². The number of nitrogens with one attached hydrogen (secondary N) is 1. The van der Waals surface area contributed by atoms with Gasteiger partial charge in [-0.3, -0.25) is 0 Å². The summed E-state index contributed by atoms with van der Waals surface area (Å²) in [6, 6.07) is 32.0. The van der Waals surface area contributed by atoms with Gasteiger partial charge in [0.15, 0.2) is 0 Å². The van der Waals surface area contributed by atoms with Crippen molar-refractivity contribution in [3.63, 3.8) is 0 Å². The molecule has 6 aromatic rings. The van der Waals surface area contributed by atoms with E-state index >= 15 is 0 Å².